The van der Waals surface area contributed by atoms with E-state index in [-0.39, 0.29) is 12.6 Å². The Hall–Kier alpha value is -3.09. The third-order valence-corrected chi connectivity index (χ3v) is 9.56. The first-order valence-electron chi connectivity index (χ1n) is 13.4. The Morgan fingerprint density at radius 1 is 1.23 bits per heavy atom. The van der Waals surface area contributed by atoms with Crippen LogP contribution < -0.4 is 10.6 Å². The summed E-state index contributed by atoms with van der Waals surface area (Å²) >= 11 is 0. The number of ether oxygens (including phenoxy) is 2. The molecule has 2 aliphatic rings. The lowest BCUT2D eigenvalue weighted by Gasteiger charge is -2.38. The van der Waals surface area contributed by atoms with Crippen molar-refractivity contribution in [3.05, 3.63) is 52.2 Å². The van der Waals surface area contributed by atoms with E-state index in [2.05, 4.69) is 24.6 Å². The second-order valence-electron chi connectivity index (χ2n) is 11.9. The summed E-state index contributed by atoms with van der Waals surface area (Å²) in [7, 11) is 2.15. The van der Waals surface area contributed by atoms with Gasteiger partial charge in [-0.2, -0.15) is 13.2 Å². The van der Waals surface area contributed by atoms with Crippen LogP contribution in [0.25, 0.3) is 11.0 Å². The highest BCUT2D eigenvalue weighted by Gasteiger charge is 2.36. The van der Waals surface area contributed by atoms with Gasteiger partial charge in [0, 0.05) is 52.1 Å². The van der Waals surface area contributed by atoms with Crippen molar-refractivity contribution in [3.8, 4) is 0 Å². The van der Waals surface area contributed by atoms with E-state index in [0.717, 1.165) is 28.8 Å². The minimum absolute atomic E-state index is 0.167. The van der Waals surface area contributed by atoms with Gasteiger partial charge in [-0.05, 0) is 36.2 Å². The molecule has 216 valence electrons. The number of halogens is 3. The van der Waals surface area contributed by atoms with Crippen LogP contribution in [0.2, 0.25) is 25.7 Å². The minimum atomic E-state index is -4.44. The molecule has 3 aromatic rings. The zero-order chi connectivity index (χ0) is 29.0. The van der Waals surface area contributed by atoms with Gasteiger partial charge in [0.05, 0.1) is 35.9 Å². The summed E-state index contributed by atoms with van der Waals surface area (Å²) in [4.78, 5) is 22.1. The van der Waals surface area contributed by atoms with E-state index in [1.54, 1.807) is 30.0 Å². The normalized spacial score (nSPS) is 17.3. The maximum Gasteiger partial charge on any atom is 0.416 e. The summed E-state index contributed by atoms with van der Waals surface area (Å²) in [5.41, 5.74) is 10.2. The number of nitrogens with two attached hydrogens (primary N) is 1. The number of nitrogens with zero attached hydrogens (tertiary/aromatic N) is 4. The molecule has 2 aliphatic heterocycles. The first kappa shape index (κ1) is 28.4. The fourth-order valence-electron chi connectivity index (χ4n) is 5.50. The van der Waals surface area contributed by atoms with Crippen LogP contribution in [-0.4, -0.2) is 55.7 Å². The van der Waals surface area contributed by atoms with E-state index in [4.69, 9.17) is 15.2 Å². The van der Waals surface area contributed by atoms with Gasteiger partial charge in [0.2, 0.25) is 0 Å². The second kappa shape index (κ2) is 10.4. The van der Waals surface area contributed by atoms with Crippen molar-refractivity contribution in [2.75, 3.05) is 37.9 Å². The van der Waals surface area contributed by atoms with Gasteiger partial charge in [-0.25, -0.2) is 4.98 Å². The van der Waals surface area contributed by atoms with E-state index in [9.17, 15) is 18.0 Å². The van der Waals surface area contributed by atoms with Gasteiger partial charge in [-0.3, -0.25) is 4.79 Å². The summed E-state index contributed by atoms with van der Waals surface area (Å²) in [6.07, 6.45) is -3.86. The number of hydrogen-bond acceptors (Lipinski definition) is 6. The molecule has 2 aromatic heterocycles. The number of benzene rings is 1. The summed E-state index contributed by atoms with van der Waals surface area (Å²) in [6.45, 7) is 8.82. The van der Waals surface area contributed by atoms with Crippen molar-refractivity contribution in [1.29, 1.82) is 0 Å². The Bertz CT molecular complexity index is 1450. The van der Waals surface area contributed by atoms with Gasteiger partial charge in [0.25, 0.3) is 5.91 Å². The van der Waals surface area contributed by atoms with Crippen molar-refractivity contribution in [2.24, 2.45) is 0 Å². The highest BCUT2D eigenvalue weighted by molar-refractivity contribution is 6.76. The Kier molecular flexibility index (Phi) is 7.38. The van der Waals surface area contributed by atoms with Gasteiger partial charge in [-0.15, -0.1) is 0 Å². The Balaban J connectivity index is 1.52. The lowest BCUT2D eigenvalue weighted by molar-refractivity contribution is -0.137. The Labute approximate surface area is 232 Å². The van der Waals surface area contributed by atoms with Crippen LogP contribution in [0, 0.1) is 0 Å². The zero-order valence-electron chi connectivity index (χ0n) is 23.6. The number of carbonyl (C=O) groups is 1. The largest absolute Gasteiger partial charge is 0.416 e. The third kappa shape index (κ3) is 5.31. The maximum atomic E-state index is 14.1. The molecule has 0 unspecified atom stereocenters. The monoisotopic (exact) mass is 575 g/mol. The van der Waals surface area contributed by atoms with Gasteiger partial charge in [-0.1, -0.05) is 25.7 Å². The van der Waals surface area contributed by atoms with E-state index in [0.29, 0.717) is 61.1 Å². The molecule has 0 saturated carbocycles. The minimum Gasteiger partial charge on any atom is -0.383 e. The number of fused-ring (bicyclic) bond motifs is 4. The van der Waals surface area contributed by atoms with Gasteiger partial charge in [0.15, 0.2) is 0 Å². The molecular formula is C28H36F3N5O3Si. The molecule has 1 atom stereocenters. The molecular weight excluding hydrogens is 539 g/mol. The highest BCUT2D eigenvalue weighted by Crippen LogP contribution is 2.41. The van der Waals surface area contributed by atoms with Gasteiger partial charge in [0.1, 0.15) is 18.2 Å². The number of pyridine rings is 1. The molecule has 1 amide bonds. The third-order valence-electron chi connectivity index (χ3n) is 7.86. The molecule has 0 fully saturated rings. The number of alkyl halides is 3. The maximum absolute atomic E-state index is 14.1. The molecule has 40 heavy (non-hydrogen) atoms. The van der Waals surface area contributed by atoms with Gasteiger partial charge >= 0.3 is 6.18 Å². The molecule has 4 heterocycles. The average molecular weight is 576 g/mol. The summed E-state index contributed by atoms with van der Waals surface area (Å²) in [5, 5.41) is 0. The van der Waals surface area contributed by atoms with Crippen molar-refractivity contribution < 1.29 is 27.4 Å². The zero-order valence-corrected chi connectivity index (χ0v) is 24.6. The van der Waals surface area contributed by atoms with Crippen LogP contribution in [0.1, 0.15) is 45.2 Å². The molecule has 8 nitrogen and oxygen atoms in total. The van der Waals surface area contributed by atoms with Crippen LogP contribution in [0.4, 0.5) is 24.7 Å². The number of amides is 1. The number of hydrogen-bond donors (Lipinski definition) is 1. The number of nitrogen functional groups attached to an aromatic ring is 1. The number of anilines is 2. The standard InChI is InChI=1S/C28H36F3N5O3Si/c1-34-9-8-22(18-7-6-17(12-23(18)34)28(29,30)31)35(2)27(37)24-13-21-25(19-14-39-15-20(19)26(32)33-21)36(24)16-38-10-11-40(3,4)5/h6-7,12-13,22H,8-11,14-16H2,1-5H3,(H2,32,33)/t22-/m1/s1. The highest BCUT2D eigenvalue weighted by atomic mass is 28.3. The Morgan fingerprint density at radius 2 is 1.95 bits per heavy atom. The fraction of sp³-hybridized carbons (Fsp3) is 0.500. The first-order chi connectivity index (χ1) is 18.8. The predicted molar refractivity (Wildman–Crippen MR) is 151 cm³/mol. The molecule has 0 bridgehead atoms. The molecule has 0 spiro atoms. The molecule has 12 heteroatoms. The average Bonchev–Trinajstić information content (AvgIpc) is 3.50. The topological polar surface area (TPSA) is 85.8 Å². The van der Waals surface area contributed by atoms with E-state index in [1.165, 1.54) is 12.1 Å². The SMILES string of the molecule is CN1CC[C@@H](N(C)C(=O)c2cc3nc(N)c4c(c3n2COCC[Si](C)(C)C)COC4)c2ccc(C(F)(F)F)cc21. The van der Waals surface area contributed by atoms with Crippen LogP contribution in [0.3, 0.4) is 0 Å². The van der Waals surface area contributed by atoms with Crippen LogP contribution in [-0.2, 0) is 35.6 Å². The summed E-state index contributed by atoms with van der Waals surface area (Å²) < 4.78 is 53.9. The number of carbonyl (C=O) groups excluding carboxylic acids is 1. The van der Waals surface area contributed by atoms with Crippen molar-refractivity contribution in [1.82, 2.24) is 14.5 Å². The quantitative estimate of drug-likeness (QED) is 0.290. The number of aromatic nitrogens is 2. The summed E-state index contributed by atoms with van der Waals surface area (Å²) in [5.74, 6) is 0.118. The molecule has 0 saturated heterocycles. The Morgan fingerprint density at radius 3 is 2.65 bits per heavy atom. The van der Waals surface area contributed by atoms with Gasteiger partial charge < -0.3 is 29.6 Å². The first-order valence-corrected chi connectivity index (χ1v) is 17.1. The molecule has 5 rings (SSSR count). The molecule has 0 radical (unpaired) electrons. The molecule has 0 aliphatic carbocycles. The molecule has 1 aromatic carbocycles. The molecule has 2 N–H and O–H groups in total. The van der Waals surface area contributed by atoms with Crippen molar-refractivity contribution >= 4 is 36.5 Å². The summed E-state index contributed by atoms with van der Waals surface area (Å²) in [6, 6.07) is 6.06. The smallest absolute Gasteiger partial charge is 0.383 e. The van der Waals surface area contributed by atoms with Crippen LogP contribution in [0.5, 0.6) is 0 Å². The van der Waals surface area contributed by atoms with E-state index >= 15 is 0 Å². The van der Waals surface area contributed by atoms with Crippen molar-refractivity contribution in [2.45, 2.75) is 64.3 Å². The lowest BCUT2D eigenvalue weighted by Crippen LogP contribution is -2.38. The van der Waals surface area contributed by atoms with E-state index < -0.39 is 25.9 Å². The predicted octanol–water partition coefficient (Wildman–Crippen LogP) is 5.63. The fourth-order valence-corrected chi connectivity index (χ4v) is 6.25. The van der Waals surface area contributed by atoms with Crippen LogP contribution >= 0.6 is 0 Å². The van der Waals surface area contributed by atoms with Crippen LogP contribution in [0.15, 0.2) is 24.3 Å². The second-order valence-corrected chi connectivity index (χ2v) is 17.5. The van der Waals surface area contributed by atoms with E-state index in [1.807, 2.05) is 4.57 Å². The lowest BCUT2D eigenvalue weighted by atomic mass is 9.93. The number of rotatable bonds is 7. The van der Waals surface area contributed by atoms with Crippen molar-refractivity contribution in [3.63, 3.8) is 0 Å².